The predicted molar refractivity (Wildman–Crippen MR) is 116 cm³/mol. The van der Waals surface area contributed by atoms with Gasteiger partial charge in [-0.3, -0.25) is 0 Å². The molecule has 4 heteroatoms. The number of aliphatic hydroxyl groups excluding tert-OH is 2. The molecule has 0 saturated carbocycles. The standard InChI is InChI=1S/C23H47NO3/c1-24(2,3)20-22-27-23(26)19-17-15-13-11-9-7-5-4-6-8-10-12-14-16-18-21-25/h19,25H,4-18,20-22H2,1-3H3/p+1. The summed E-state index contributed by atoms with van der Waals surface area (Å²) in [6.07, 6.45) is 20.8. The van der Waals surface area contributed by atoms with Gasteiger partial charge in [-0.15, -0.1) is 0 Å². The lowest BCUT2D eigenvalue weighted by Gasteiger charge is -2.23. The first-order chi connectivity index (χ1) is 13.0. The van der Waals surface area contributed by atoms with Gasteiger partial charge in [0, 0.05) is 6.61 Å². The summed E-state index contributed by atoms with van der Waals surface area (Å²) in [4.78, 5) is 0. The van der Waals surface area contributed by atoms with Crippen molar-refractivity contribution in [2.24, 2.45) is 0 Å². The van der Waals surface area contributed by atoms with Crippen molar-refractivity contribution in [3.05, 3.63) is 12.0 Å². The van der Waals surface area contributed by atoms with E-state index in [1.165, 1.54) is 77.0 Å². The zero-order valence-electron chi connectivity index (χ0n) is 18.6. The predicted octanol–water partition coefficient (Wildman–Crippen LogP) is 5.95. The van der Waals surface area contributed by atoms with Crippen LogP contribution in [-0.4, -0.2) is 55.6 Å². The monoisotopic (exact) mass is 386 g/mol. The number of hydrogen-bond donors (Lipinski definition) is 2. The molecule has 0 aliphatic heterocycles. The summed E-state index contributed by atoms with van der Waals surface area (Å²) in [5, 5.41) is 18.4. The second kappa shape index (κ2) is 18.6. The van der Waals surface area contributed by atoms with Gasteiger partial charge < -0.3 is 19.4 Å². The van der Waals surface area contributed by atoms with E-state index >= 15 is 0 Å². The molecule has 4 nitrogen and oxygen atoms in total. The Balaban J connectivity index is 3.23. The van der Waals surface area contributed by atoms with Gasteiger partial charge in [-0.2, -0.15) is 0 Å². The molecule has 162 valence electrons. The molecule has 0 saturated heterocycles. The number of aliphatic hydroxyl groups is 2. The van der Waals surface area contributed by atoms with Crippen LogP contribution in [0.2, 0.25) is 0 Å². The number of unbranched alkanes of at least 4 members (excludes halogenated alkanes) is 14. The average molecular weight is 387 g/mol. The summed E-state index contributed by atoms with van der Waals surface area (Å²) in [5.41, 5.74) is 0. The summed E-state index contributed by atoms with van der Waals surface area (Å²) < 4.78 is 6.18. The first-order valence-corrected chi connectivity index (χ1v) is 11.4. The van der Waals surface area contributed by atoms with Crippen LogP contribution in [0, 0.1) is 0 Å². The van der Waals surface area contributed by atoms with Crippen LogP contribution >= 0.6 is 0 Å². The van der Waals surface area contributed by atoms with E-state index < -0.39 is 0 Å². The van der Waals surface area contributed by atoms with E-state index in [-0.39, 0.29) is 5.95 Å². The van der Waals surface area contributed by atoms with Crippen molar-refractivity contribution < 1.29 is 19.4 Å². The van der Waals surface area contributed by atoms with Crippen molar-refractivity contribution in [2.45, 2.75) is 96.3 Å². The lowest BCUT2D eigenvalue weighted by Crippen LogP contribution is -2.37. The number of allylic oxidation sites excluding steroid dienone is 1. The van der Waals surface area contributed by atoms with Gasteiger partial charge in [0.15, 0.2) is 0 Å². The van der Waals surface area contributed by atoms with Crippen molar-refractivity contribution in [3.8, 4) is 0 Å². The minimum Gasteiger partial charge on any atom is -0.481 e. The third-order valence-corrected chi connectivity index (χ3v) is 4.94. The molecular weight excluding hydrogens is 338 g/mol. The highest BCUT2D eigenvalue weighted by Gasteiger charge is 2.06. The first kappa shape index (κ1) is 26.3. The second-order valence-corrected chi connectivity index (χ2v) is 8.87. The molecule has 0 aromatic heterocycles. The molecule has 0 atom stereocenters. The highest BCUT2D eigenvalue weighted by atomic mass is 16.6. The molecule has 2 N–H and O–H groups in total. The second-order valence-electron chi connectivity index (χ2n) is 8.87. The number of quaternary nitrogens is 1. The summed E-state index contributed by atoms with van der Waals surface area (Å²) in [6, 6.07) is 0. The quantitative estimate of drug-likeness (QED) is 0.154. The molecule has 0 bridgehead atoms. The maximum atomic E-state index is 9.68. The first-order valence-electron chi connectivity index (χ1n) is 11.4. The van der Waals surface area contributed by atoms with Crippen LogP contribution < -0.4 is 0 Å². The molecule has 0 amide bonds. The fraction of sp³-hybridized carbons (Fsp3) is 0.913. The lowest BCUT2D eigenvalue weighted by molar-refractivity contribution is -0.870. The van der Waals surface area contributed by atoms with E-state index in [1.54, 1.807) is 0 Å². The van der Waals surface area contributed by atoms with E-state index in [1.807, 2.05) is 6.08 Å². The highest BCUT2D eigenvalue weighted by Crippen LogP contribution is 2.13. The average Bonchev–Trinajstić information content (AvgIpc) is 2.60. The van der Waals surface area contributed by atoms with Crippen molar-refractivity contribution in [2.75, 3.05) is 40.9 Å². The molecule has 0 unspecified atom stereocenters. The third-order valence-electron chi connectivity index (χ3n) is 4.94. The number of nitrogens with zero attached hydrogens (tertiary/aromatic N) is 1. The van der Waals surface area contributed by atoms with Gasteiger partial charge in [-0.1, -0.05) is 77.0 Å². The zero-order chi connectivity index (χ0) is 20.2. The van der Waals surface area contributed by atoms with Crippen LogP contribution in [0.1, 0.15) is 96.3 Å². The molecular formula is C23H48NO3+. The minimum atomic E-state index is 0.0943. The highest BCUT2D eigenvalue weighted by molar-refractivity contribution is 4.81. The normalized spacial score (nSPS) is 12.5. The van der Waals surface area contributed by atoms with E-state index in [2.05, 4.69) is 21.1 Å². The van der Waals surface area contributed by atoms with Crippen LogP contribution in [0.25, 0.3) is 0 Å². The van der Waals surface area contributed by atoms with Gasteiger partial charge >= 0.3 is 0 Å². The van der Waals surface area contributed by atoms with Gasteiger partial charge in [-0.25, -0.2) is 0 Å². The Hall–Kier alpha value is -0.740. The molecule has 0 rings (SSSR count). The summed E-state index contributed by atoms with van der Waals surface area (Å²) >= 11 is 0. The van der Waals surface area contributed by atoms with Gasteiger partial charge in [0.1, 0.15) is 13.2 Å². The van der Waals surface area contributed by atoms with Crippen molar-refractivity contribution >= 4 is 0 Å². The van der Waals surface area contributed by atoms with Crippen LogP contribution in [0.5, 0.6) is 0 Å². The van der Waals surface area contributed by atoms with E-state index in [0.29, 0.717) is 13.2 Å². The molecule has 27 heavy (non-hydrogen) atoms. The molecule has 0 aliphatic carbocycles. The smallest absolute Gasteiger partial charge is 0.272 e. The Bertz CT molecular complexity index is 337. The van der Waals surface area contributed by atoms with Crippen LogP contribution in [0.3, 0.4) is 0 Å². The summed E-state index contributed by atoms with van der Waals surface area (Å²) in [5.74, 6) is 0.0943. The maximum Gasteiger partial charge on any atom is 0.272 e. The van der Waals surface area contributed by atoms with Crippen LogP contribution in [0.15, 0.2) is 12.0 Å². The van der Waals surface area contributed by atoms with Crippen LogP contribution in [-0.2, 0) is 4.74 Å². The lowest BCUT2D eigenvalue weighted by atomic mass is 10.0. The topological polar surface area (TPSA) is 49.7 Å². The maximum absolute atomic E-state index is 9.68. The Labute approximate surface area is 169 Å². The van der Waals surface area contributed by atoms with Gasteiger partial charge in [0.25, 0.3) is 5.95 Å². The summed E-state index contributed by atoms with van der Waals surface area (Å²) in [6.45, 7) is 1.81. The third kappa shape index (κ3) is 23.2. The molecule has 0 radical (unpaired) electrons. The Morgan fingerprint density at radius 2 is 1.11 bits per heavy atom. The SMILES string of the molecule is C[N+](C)(C)CCOC(O)=CCCCCCCCCCCCCCCCCO. The van der Waals surface area contributed by atoms with Gasteiger partial charge in [-0.05, 0) is 25.3 Å². The Kier molecular flexibility index (Phi) is 18.1. The molecule has 0 aromatic carbocycles. The Morgan fingerprint density at radius 1 is 0.704 bits per heavy atom. The van der Waals surface area contributed by atoms with Crippen molar-refractivity contribution in [1.82, 2.24) is 0 Å². The number of ether oxygens (including phenoxy) is 1. The fourth-order valence-corrected chi connectivity index (χ4v) is 3.09. The van der Waals surface area contributed by atoms with Gasteiger partial charge in [0.2, 0.25) is 0 Å². The van der Waals surface area contributed by atoms with E-state index in [4.69, 9.17) is 9.84 Å². The molecule has 0 fully saturated rings. The largest absolute Gasteiger partial charge is 0.481 e. The molecule has 0 aromatic rings. The summed E-state index contributed by atoms with van der Waals surface area (Å²) in [7, 11) is 6.35. The molecule has 0 heterocycles. The van der Waals surface area contributed by atoms with Gasteiger partial charge in [0.05, 0.1) is 21.1 Å². The minimum absolute atomic E-state index is 0.0943. The van der Waals surface area contributed by atoms with Crippen LogP contribution in [0.4, 0.5) is 0 Å². The molecule has 0 aliphatic rings. The number of rotatable bonds is 20. The molecule has 0 spiro atoms. The number of likely N-dealkylation sites (N-methyl/N-ethyl adjacent to an activating group) is 1. The Morgan fingerprint density at radius 3 is 1.52 bits per heavy atom. The van der Waals surface area contributed by atoms with E-state index in [9.17, 15) is 5.11 Å². The fourth-order valence-electron chi connectivity index (χ4n) is 3.09. The van der Waals surface area contributed by atoms with Crippen molar-refractivity contribution in [1.29, 1.82) is 0 Å². The number of hydrogen-bond acceptors (Lipinski definition) is 3. The van der Waals surface area contributed by atoms with E-state index in [0.717, 1.165) is 30.3 Å². The zero-order valence-corrected chi connectivity index (χ0v) is 18.6. The van der Waals surface area contributed by atoms with Crippen molar-refractivity contribution in [3.63, 3.8) is 0 Å².